The van der Waals surface area contributed by atoms with Crippen LogP contribution >= 0.6 is 0 Å². The normalized spacial score (nSPS) is 13.5. The molecule has 8 heteroatoms. The Labute approximate surface area is 181 Å². The van der Waals surface area contributed by atoms with Crippen molar-refractivity contribution in [2.45, 2.75) is 32.9 Å². The molecule has 2 aromatic heterocycles. The number of nitrogens with zero attached hydrogens (tertiary/aromatic N) is 1. The molecule has 31 heavy (non-hydrogen) atoms. The van der Waals surface area contributed by atoms with Crippen LogP contribution in [-0.4, -0.2) is 30.1 Å². The number of aryl methyl sites for hydroxylation is 1. The molecule has 8 nitrogen and oxygen atoms in total. The van der Waals surface area contributed by atoms with Crippen LogP contribution in [0.3, 0.4) is 0 Å². The zero-order valence-electron chi connectivity index (χ0n) is 17.9. The van der Waals surface area contributed by atoms with Crippen LogP contribution in [0.4, 0.5) is 5.69 Å². The van der Waals surface area contributed by atoms with Gasteiger partial charge in [-0.1, -0.05) is 12.1 Å². The molecule has 0 fully saturated rings. The minimum atomic E-state index is -1.17. The maximum absolute atomic E-state index is 12.0. The molecule has 1 unspecified atom stereocenters. The fourth-order valence-corrected chi connectivity index (χ4v) is 2.87. The van der Waals surface area contributed by atoms with E-state index in [1.807, 2.05) is 44.2 Å². The number of aliphatic hydroxyl groups is 1. The number of rotatable bonds is 8. The van der Waals surface area contributed by atoms with E-state index in [0.29, 0.717) is 30.5 Å². The van der Waals surface area contributed by atoms with Crippen LogP contribution < -0.4 is 16.0 Å². The van der Waals surface area contributed by atoms with Gasteiger partial charge >= 0.3 is 0 Å². The van der Waals surface area contributed by atoms with Gasteiger partial charge in [-0.2, -0.15) is 0 Å². The van der Waals surface area contributed by atoms with Crippen LogP contribution in [0.2, 0.25) is 0 Å². The molecule has 3 rings (SSSR count). The average Bonchev–Trinajstić information content (AvgIpc) is 3.43. The summed E-state index contributed by atoms with van der Waals surface area (Å²) in [6.07, 6.45) is 1.46. The Morgan fingerprint density at radius 3 is 2.52 bits per heavy atom. The van der Waals surface area contributed by atoms with Gasteiger partial charge in [0.15, 0.2) is 11.7 Å². The lowest BCUT2D eigenvalue weighted by molar-refractivity contribution is 0.0378. The number of hydrogen-bond donors (Lipinski definition) is 4. The second kappa shape index (κ2) is 9.99. The maximum atomic E-state index is 12.0. The van der Waals surface area contributed by atoms with Crippen molar-refractivity contribution in [3.05, 3.63) is 77.6 Å². The van der Waals surface area contributed by atoms with E-state index >= 15 is 0 Å². The molecule has 0 bridgehead atoms. The molecular weight excluding hydrogens is 396 g/mol. The van der Waals surface area contributed by atoms with Gasteiger partial charge in [-0.05, 0) is 62.7 Å². The highest BCUT2D eigenvalue weighted by atomic mass is 16.4. The first-order valence-electron chi connectivity index (χ1n) is 10.1. The fourth-order valence-electron chi connectivity index (χ4n) is 2.87. The summed E-state index contributed by atoms with van der Waals surface area (Å²) in [6.45, 7) is 6.87. The number of aliphatic imine (C=N–C) groups is 1. The van der Waals surface area contributed by atoms with Gasteiger partial charge in [-0.15, -0.1) is 0 Å². The van der Waals surface area contributed by atoms with Crippen molar-refractivity contribution in [2.24, 2.45) is 4.99 Å². The zero-order chi connectivity index (χ0) is 22.3. The molecule has 164 valence electrons. The van der Waals surface area contributed by atoms with Crippen LogP contribution in [0.15, 0.2) is 68.6 Å². The summed E-state index contributed by atoms with van der Waals surface area (Å²) >= 11 is 0. The molecule has 0 saturated heterocycles. The Balaban J connectivity index is 1.57. The molecular formula is C23H28N4O4. The number of carbonyl (C=O) groups is 1. The van der Waals surface area contributed by atoms with E-state index < -0.39 is 5.60 Å². The van der Waals surface area contributed by atoms with Crippen LogP contribution in [0, 0.1) is 6.92 Å². The summed E-state index contributed by atoms with van der Waals surface area (Å²) in [6, 6.07) is 14.3. The van der Waals surface area contributed by atoms with Gasteiger partial charge < -0.3 is 29.9 Å². The van der Waals surface area contributed by atoms with Crippen molar-refractivity contribution < 1.29 is 18.7 Å². The lowest BCUT2D eigenvalue weighted by atomic mass is 10.0. The van der Waals surface area contributed by atoms with Crippen molar-refractivity contribution in [1.82, 2.24) is 10.6 Å². The van der Waals surface area contributed by atoms with Crippen molar-refractivity contribution in [2.75, 3.05) is 18.4 Å². The number of anilines is 1. The molecule has 0 aliphatic heterocycles. The van der Waals surface area contributed by atoms with Gasteiger partial charge in [0.2, 0.25) is 0 Å². The lowest BCUT2D eigenvalue weighted by Gasteiger charge is -2.22. The zero-order valence-corrected chi connectivity index (χ0v) is 17.9. The molecule has 0 radical (unpaired) electrons. The number of carbonyl (C=O) groups excluding carboxylic acids is 1. The molecule has 0 spiro atoms. The molecule has 1 amide bonds. The Morgan fingerprint density at radius 2 is 1.90 bits per heavy atom. The standard InChI is InChI=1S/C23H28N4O4/c1-4-24-22(26-15-23(3,29)20-12-7-16(2)31-20)25-14-17-8-10-18(11-9-17)27-21(28)19-6-5-13-30-19/h5-13,29H,4,14-15H2,1-3H3,(H,27,28)(H2,24,25,26). The molecule has 0 aliphatic carbocycles. The minimum absolute atomic E-state index is 0.240. The number of hydrogen-bond acceptors (Lipinski definition) is 5. The Bertz CT molecular complexity index is 1000. The van der Waals surface area contributed by atoms with Crippen LogP contribution in [0.1, 0.15) is 41.5 Å². The van der Waals surface area contributed by atoms with Gasteiger partial charge in [-0.3, -0.25) is 4.79 Å². The van der Waals surface area contributed by atoms with Crippen molar-refractivity contribution in [3.8, 4) is 0 Å². The van der Waals surface area contributed by atoms with Crippen molar-refractivity contribution >= 4 is 17.6 Å². The monoisotopic (exact) mass is 424 g/mol. The van der Waals surface area contributed by atoms with Gasteiger partial charge in [0, 0.05) is 12.2 Å². The maximum Gasteiger partial charge on any atom is 0.291 e. The number of benzene rings is 1. The predicted molar refractivity (Wildman–Crippen MR) is 119 cm³/mol. The first kappa shape index (κ1) is 22.2. The van der Waals surface area contributed by atoms with E-state index in [4.69, 9.17) is 8.83 Å². The number of furan rings is 2. The van der Waals surface area contributed by atoms with Gasteiger partial charge in [-0.25, -0.2) is 4.99 Å². The van der Waals surface area contributed by atoms with E-state index in [9.17, 15) is 9.90 Å². The minimum Gasteiger partial charge on any atom is -0.463 e. The molecule has 0 aliphatic rings. The van der Waals surface area contributed by atoms with E-state index in [-0.39, 0.29) is 18.2 Å². The van der Waals surface area contributed by atoms with Crippen LogP contribution in [0.5, 0.6) is 0 Å². The molecule has 4 N–H and O–H groups in total. The highest BCUT2D eigenvalue weighted by Crippen LogP contribution is 2.22. The summed E-state index contributed by atoms with van der Waals surface area (Å²) in [5.74, 6) is 1.80. The lowest BCUT2D eigenvalue weighted by Crippen LogP contribution is -2.44. The molecule has 2 heterocycles. The second-order valence-electron chi connectivity index (χ2n) is 7.36. The van der Waals surface area contributed by atoms with Gasteiger partial charge in [0.1, 0.15) is 17.1 Å². The summed E-state index contributed by atoms with van der Waals surface area (Å²) in [5.41, 5.74) is 0.476. The smallest absolute Gasteiger partial charge is 0.291 e. The van der Waals surface area contributed by atoms with Crippen molar-refractivity contribution in [1.29, 1.82) is 0 Å². The Kier molecular flexibility index (Phi) is 7.15. The summed E-state index contributed by atoms with van der Waals surface area (Å²) in [7, 11) is 0. The number of amides is 1. The molecule has 3 aromatic rings. The SMILES string of the molecule is CCNC(=NCc1ccc(NC(=O)c2ccco2)cc1)NCC(C)(O)c1ccc(C)o1. The summed E-state index contributed by atoms with van der Waals surface area (Å²) < 4.78 is 10.6. The van der Waals surface area contributed by atoms with Gasteiger partial charge in [0.05, 0.1) is 19.4 Å². The molecule has 1 aromatic carbocycles. The van der Waals surface area contributed by atoms with Crippen molar-refractivity contribution in [3.63, 3.8) is 0 Å². The molecule has 1 atom stereocenters. The van der Waals surface area contributed by atoms with Crippen LogP contribution in [0.25, 0.3) is 0 Å². The van der Waals surface area contributed by atoms with E-state index in [1.165, 1.54) is 6.26 Å². The van der Waals surface area contributed by atoms with E-state index in [1.54, 1.807) is 25.1 Å². The third kappa shape index (κ3) is 6.23. The number of guanidine groups is 1. The first-order valence-corrected chi connectivity index (χ1v) is 10.1. The largest absolute Gasteiger partial charge is 0.463 e. The summed E-state index contributed by atoms with van der Waals surface area (Å²) in [4.78, 5) is 16.6. The second-order valence-corrected chi connectivity index (χ2v) is 7.36. The number of nitrogens with one attached hydrogen (secondary N) is 3. The highest BCUT2D eigenvalue weighted by molar-refractivity contribution is 6.02. The van der Waals surface area contributed by atoms with Crippen LogP contribution in [-0.2, 0) is 12.1 Å². The quantitative estimate of drug-likeness (QED) is 0.326. The topological polar surface area (TPSA) is 112 Å². The van der Waals surface area contributed by atoms with E-state index in [2.05, 4.69) is 20.9 Å². The third-order valence-corrected chi connectivity index (χ3v) is 4.59. The highest BCUT2D eigenvalue weighted by Gasteiger charge is 2.27. The van der Waals surface area contributed by atoms with E-state index in [0.717, 1.165) is 11.3 Å². The predicted octanol–water partition coefficient (Wildman–Crippen LogP) is 3.40. The third-order valence-electron chi connectivity index (χ3n) is 4.59. The average molecular weight is 425 g/mol. The fraction of sp³-hybridized carbons (Fsp3) is 0.304. The first-order chi connectivity index (χ1) is 14.9. The Hall–Kier alpha value is -3.52. The summed E-state index contributed by atoms with van der Waals surface area (Å²) in [5, 5.41) is 19.8. The Morgan fingerprint density at radius 1 is 1.13 bits per heavy atom. The molecule has 0 saturated carbocycles. The van der Waals surface area contributed by atoms with Gasteiger partial charge in [0.25, 0.3) is 5.91 Å².